The molecular formula is C18H24N2O6. The van der Waals surface area contributed by atoms with E-state index in [-0.39, 0.29) is 11.1 Å². The highest BCUT2D eigenvalue weighted by Gasteiger charge is 2.04. The molecule has 0 aliphatic heterocycles. The van der Waals surface area contributed by atoms with Crippen LogP contribution in [0, 0.1) is 0 Å². The van der Waals surface area contributed by atoms with E-state index in [2.05, 4.69) is 0 Å². The van der Waals surface area contributed by atoms with Crippen molar-refractivity contribution in [1.82, 2.24) is 0 Å². The number of aliphatic hydroxyl groups excluding tert-OH is 1. The molecule has 8 N–H and O–H groups in total. The first-order chi connectivity index (χ1) is 12.2. The molecule has 0 radical (unpaired) electrons. The summed E-state index contributed by atoms with van der Waals surface area (Å²) in [7, 11) is 0. The van der Waals surface area contributed by atoms with Gasteiger partial charge in [0.25, 0.3) is 0 Å². The van der Waals surface area contributed by atoms with Crippen molar-refractivity contribution in [3.63, 3.8) is 0 Å². The molecule has 142 valence electrons. The van der Waals surface area contributed by atoms with Crippen LogP contribution in [-0.4, -0.2) is 38.7 Å². The molecule has 2 aromatic carbocycles. The van der Waals surface area contributed by atoms with Crippen LogP contribution in [-0.2, 0) is 0 Å². The molecule has 0 aliphatic rings. The van der Waals surface area contributed by atoms with Gasteiger partial charge in [0.15, 0.2) is 6.29 Å². The van der Waals surface area contributed by atoms with E-state index >= 15 is 0 Å². The summed E-state index contributed by atoms with van der Waals surface area (Å²) in [5, 5.41) is 33.2. The maximum Gasteiger partial charge on any atom is 0.337 e. The maximum atomic E-state index is 10.3. The van der Waals surface area contributed by atoms with E-state index in [9.17, 15) is 9.59 Å². The number of rotatable bonds is 4. The number of para-hydroxylation sites is 2. The molecule has 0 saturated carbocycles. The molecule has 0 aliphatic carbocycles. The van der Waals surface area contributed by atoms with Gasteiger partial charge in [-0.1, -0.05) is 37.6 Å². The van der Waals surface area contributed by atoms with Gasteiger partial charge in [0, 0.05) is 11.4 Å². The summed E-state index contributed by atoms with van der Waals surface area (Å²) in [4.78, 5) is 20.7. The van der Waals surface area contributed by atoms with E-state index in [0.717, 1.165) is 6.42 Å². The summed E-state index contributed by atoms with van der Waals surface area (Å²) in [5.74, 6) is -1.98. The van der Waals surface area contributed by atoms with Crippen molar-refractivity contribution in [3.05, 3.63) is 59.7 Å². The minimum absolute atomic E-state index is 0.155. The molecule has 8 heteroatoms. The van der Waals surface area contributed by atoms with Crippen molar-refractivity contribution >= 4 is 23.3 Å². The van der Waals surface area contributed by atoms with E-state index < -0.39 is 18.2 Å². The molecule has 0 spiro atoms. The van der Waals surface area contributed by atoms with E-state index in [1.807, 2.05) is 6.92 Å². The molecule has 2 rings (SSSR count). The van der Waals surface area contributed by atoms with Crippen molar-refractivity contribution in [3.8, 4) is 0 Å². The van der Waals surface area contributed by atoms with E-state index in [4.69, 9.17) is 31.9 Å². The van der Waals surface area contributed by atoms with Crippen molar-refractivity contribution in [1.29, 1.82) is 0 Å². The molecule has 0 bridgehead atoms. The van der Waals surface area contributed by atoms with Crippen LogP contribution in [0.5, 0.6) is 0 Å². The quantitative estimate of drug-likeness (QED) is 0.354. The first kappa shape index (κ1) is 22.9. The van der Waals surface area contributed by atoms with Crippen molar-refractivity contribution in [2.45, 2.75) is 26.1 Å². The van der Waals surface area contributed by atoms with Gasteiger partial charge in [0.2, 0.25) is 0 Å². The highest BCUT2D eigenvalue weighted by Crippen LogP contribution is 2.09. The first-order valence-electron chi connectivity index (χ1n) is 7.72. The lowest BCUT2D eigenvalue weighted by Crippen LogP contribution is -2.01. The Kier molecular flexibility index (Phi) is 10.8. The standard InChI is InChI=1S/2C7H7NO2.C4H10O2/c2*8-6-4-2-1-3-5(6)7(9)10;1-2-3-4(5)6/h2*1-4H,8H2,(H,9,10);4-6H,2-3H2,1H3. The highest BCUT2D eigenvalue weighted by molar-refractivity contribution is 5.93. The molecule has 2 aromatic rings. The smallest absolute Gasteiger partial charge is 0.337 e. The summed E-state index contributed by atoms with van der Waals surface area (Å²) in [6, 6.07) is 12.7. The van der Waals surface area contributed by atoms with E-state index in [0.29, 0.717) is 17.8 Å². The third-order valence-electron chi connectivity index (χ3n) is 2.93. The minimum Gasteiger partial charge on any atom is -0.478 e. The molecule has 0 fully saturated rings. The van der Waals surface area contributed by atoms with Gasteiger partial charge in [-0.15, -0.1) is 0 Å². The van der Waals surface area contributed by atoms with Gasteiger partial charge in [0.05, 0.1) is 11.1 Å². The van der Waals surface area contributed by atoms with Crippen LogP contribution in [0.2, 0.25) is 0 Å². The fourth-order valence-corrected chi connectivity index (χ4v) is 1.64. The third-order valence-corrected chi connectivity index (χ3v) is 2.93. The molecule has 0 unspecified atom stereocenters. The number of carbonyl (C=O) groups is 2. The number of hydrogen-bond donors (Lipinski definition) is 6. The predicted molar refractivity (Wildman–Crippen MR) is 98.8 cm³/mol. The van der Waals surface area contributed by atoms with Crippen LogP contribution in [0.25, 0.3) is 0 Å². The number of carboxylic acid groups (broad SMARTS) is 2. The Morgan fingerprint density at radius 1 is 0.846 bits per heavy atom. The van der Waals surface area contributed by atoms with Crippen LogP contribution in [0.3, 0.4) is 0 Å². The van der Waals surface area contributed by atoms with E-state index in [1.54, 1.807) is 36.4 Å². The lowest BCUT2D eigenvalue weighted by Gasteiger charge is -1.96. The Balaban J connectivity index is 0.000000375. The molecule has 0 saturated heterocycles. The second-order valence-electron chi connectivity index (χ2n) is 5.05. The Hall–Kier alpha value is -3.10. The van der Waals surface area contributed by atoms with Gasteiger partial charge in [-0.25, -0.2) is 9.59 Å². The molecule has 0 atom stereocenters. The highest BCUT2D eigenvalue weighted by atomic mass is 16.5. The summed E-state index contributed by atoms with van der Waals surface area (Å²) >= 11 is 0. The van der Waals surface area contributed by atoms with Gasteiger partial charge in [-0.3, -0.25) is 0 Å². The number of aromatic carboxylic acids is 2. The molecule has 0 amide bonds. The predicted octanol–water partition coefficient (Wildman–Crippen LogP) is 2.03. The second-order valence-corrected chi connectivity index (χ2v) is 5.05. The lowest BCUT2D eigenvalue weighted by molar-refractivity contribution is -0.0453. The third kappa shape index (κ3) is 9.26. The topological polar surface area (TPSA) is 167 Å². The zero-order chi connectivity index (χ0) is 20.1. The van der Waals surface area contributed by atoms with Crippen molar-refractivity contribution in [2.75, 3.05) is 11.5 Å². The van der Waals surface area contributed by atoms with Crippen LogP contribution in [0.1, 0.15) is 40.5 Å². The number of nitrogens with two attached hydrogens (primary N) is 2. The molecule has 8 nitrogen and oxygen atoms in total. The molecular weight excluding hydrogens is 340 g/mol. The number of anilines is 2. The number of aliphatic hydroxyl groups is 2. The second kappa shape index (κ2) is 12.3. The summed E-state index contributed by atoms with van der Waals surface area (Å²) in [5.41, 5.74) is 11.6. The zero-order valence-corrected chi connectivity index (χ0v) is 14.4. The van der Waals surface area contributed by atoms with Crippen molar-refractivity contribution < 1.29 is 30.0 Å². The number of nitrogen functional groups attached to an aromatic ring is 2. The Labute approximate surface area is 151 Å². The van der Waals surface area contributed by atoms with Gasteiger partial charge in [-0.2, -0.15) is 0 Å². The number of hydrogen-bond acceptors (Lipinski definition) is 6. The first-order valence-corrected chi connectivity index (χ1v) is 7.72. The number of benzene rings is 2. The van der Waals surface area contributed by atoms with Crippen LogP contribution >= 0.6 is 0 Å². The fraction of sp³-hybridized carbons (Fsp3) is 0.222. The summed E-state index contributed by atoms with van der Waals surface area (Å²) in [6.07, 6.45) is 0.215. The Bertz CT molecular complexity index is 648. The van der Waals surface area contributed by atoms with Gasteiger partial charge in [-0.05, 0) is 30.7 Å². The Morgan fingerprint density at radius 3 is 1.35 bits per heavy atom. The van der Waals surface area contributed by atoms with Crippen molar-refractivity contribution in [2.24, 2.45) is 0 Å². The normalized spacial score (nSPS) is 9.38. The summed E-state index contributed by atoms with van der Waals surface area (Å²) < 4.78 is 0. The monoisotopic (exact) mass is 364 g/mol. The SMILES string of the molecule is CCCC(O)O.Nc1ccccc1C(=O)O.Nc1ccccc1C(=O)O. The van der Waals surface area contributed by atoms with Crippen LogP contribution < -0.4 is 11.5 Å². The average Bonchev–Trinajstić information content (AvgIpc) is 2.56. The van der Waals surface area contributed by atoms with Gasteiger partial charge < -0.3 is 31.9 Å². The number of carboxylic acids is 2. The van der Waals surface area contributed by atoms with Gasteiger partial charge in [0.1, 0.15) is 0 Å². The average molecular weight is 364 g/mol. The zero-order valence-electron chi connectivity index (χ0n) is 14.4. The molecule has 26 heavy (non-hydrogen) atoms. The minimum atomic E-state index is -1.10. The molecule has 0 heterocycles. The van der Waals surface area contributed by atoms with E-state index in [1.165, 1.54) is 12.1 Å². The van der Waals surface area contributed by atoms with Crippen LogP contribution in [0.15, 0.2) is 48.5 Å². The Morgan fingerprint density at radius 2 is 1.19 bits per heavy atom. The lowest BCUT2D eigenvalue weighted by atomic mass is 10.2. The molecule has 0 aromatic heterocycles. The maximum absolute atomic E-state index is 10.3. The fourth-order valence-electron chi connectivity index (χ4n) is 1.64. The largest absolute Gasteiger partial charge is 0.478 e. The summed E-state index contributed by atoms with van der Waals surface area (Å²) in [6.45, 7) is 1.90. The van der Waals surface area contributed by atoms with Crippen LogP contribution in [0.4, 0.5) is 11.4 Å². The van der Waals surface area contributed by atoms with Gasteiger partial charge >= 0.3 is 11.9 Å².